The third-order valence-corrected chi connectivity index (χ3v) is 3.88. The van der Waals surface area contributed by atoms with Gasteiger partial charge in [-0.3, -0.25) is 14.3 Å². The van der Waals surface area contributed by atoms with E-state index >= 15 is 0 Å². The molecule has 1 aliphatic rings. The maximum atomic E-state index is 11.8. The second-order valence-corrected chi connectivity index (χ2v) is 6.40. The molecule has 1 aromatic heterocycles. The first kappa shape index (κ1) is 18.3. The van der Waals surface area contributed by atoms with E-state index in [2.05, 4.69) is 25.4 Å². The SMILES string of the molecule is O=c1[nH]c(=O)n([C@H]2C[C@H](O)[C@@H](COP(=O)([O-])[O-])O2)cc1/C=C/Br. The van der Waals surface area contributed by atoms with Gasteiger partial charge in [0.25, 0.3) is 5.56 Å². The van der Waals surface area contributed by atoms with Crippen LogP contribution in [0.25, 0.3) is 6.08 Å². The fraction of sp³-hybridized carbons (Fsp3) is 0.455. The highest BCUT2D eigenvalue weighted by molar-refractivity contribution is 9.11. The Bertz CT molecular complexity index is 753. The largest absolute Gasteiger partial charge is 0.790 e. The molecule has 128 valence electrons. The molecule has 3 atom stereocenters. The Morgan fingerprint density at radius 2 is 2.26 bits per heavy atom. The molecule has 10 nitrogen and oxygen atoms in total. The van der Waals surface area contributed by atoms with Crippen molar-refractivity contribution >= 4 is 29.8 Å². The summed E-state index contributed by atoms with van der Waals surface area (Å²) >= 11 is 3.01. The highest BCUT2D eigenvalue weighted by Gasteiger charge is 2.35. The van der Waals surface area contributed by atoms with Gasteiger partial charge in [0.15, 0.2) is 0 Å². The number of ether oxygens (including phenoxy) is 1. The van der Waals surface area contributed by atoms with Crippen molar-refractivity contribution in [2.45, 2.75) is 24.9 Å². The fourth-order valence-electron chi connectivity index (χ4n) is 2.10. The zero-order valence-electron chi connectivity index (χ0n) is 11.5. The Labute approximate surface area is 137 Å². The molecule has 0 bridgehead atoms. The van der Waals surface area contributed by atoms with Gasteiger partial charge in [0.1, 0.15) is 12.3 Å². The van der Waals surface area contributed by atoms with Crippen LogP contribution < -0.4 is 21.0 Å². The van der Waals surface area contributed by atoms with Crippen LogP contribution in [-0.2, 0) is 13.8 Å². The van der Waals surface area contributed by atoms with Crippen molar-refractivity contribution in [3.8, 4) is 0 Å². The zero-order valence-corrected chi connectivity index (χ0v) is 13.9. The number of nitrogens with one attached hydrogen (secondary N) is 1. The second-order valence-electron chi connectivity index (χ2n) is 4.72. The minimum absolute atomic E-state index is 0.0422. The van der Waals surface area contributed by atoms with Crippen LogP contribution in [0.5, 0.6) is 0 Å². The first-order valence-electron chi connectivity index (χ1n) is 6.33. The molecule has 23 heavy (non-hydrogen) atoms. The first-order valence-corrected chi connectivity index (χ1v) is 8.71. The van der Waals surface area contributed by atoms with Crippen molar-refractivity contribution in [2.75, 3.05) is 6.61 Å². The third kappa shape index (κ3) is 4.70. The standard InChI is InChI=1S/C11H14BrN2O8P/c12-2-1-6-4-14(11(17)13-10(6)16)9-3-7(15)8(22-9)5-21-23(18,19)20/h1-2,4,7-9,15H,3,5H2,(H,13,16,17)(H2,18,19,20)/p-2/b2-1+/t7-,8+,9+/m0/s1. The van der Waals surface area contributed by atoms with Crippen molar-refractivity contribution in [2.24, 2.45) is 0 Å². The lowest BCUT2D eigenvalue weighted by atomic mass is 10.2. The molecule has 0 aliphatic carbocycles. The van der Waals surface area contributed by atoms with E-state index in [0.717, 1.165) is 4.57 Å². The highest BCUT2D eigenvalue weighted by Crippen LogP contribution is 2.31. The predicted octanol–water partition coefficient (Wildman–Crippen LogP) is -1.60. The van der Waals surface area contributed by atoms with Gasteiger partial charge in [-0.15, -0.1) is 0 Å². The maximum Gasteiger partial charge on any atom is 0.330 e. The topological polar surface area (TPSA) is 157 Å². The molecule has 1 fully saturated rings. The Kier molecular flexibility index (Phi) is 5.74. The van der Waals surface area contributed by atoms with E-state index in [9.17, 15) is 29.0 Å². The van der Waals surface area contributed by atoms with Crippen molar-refractivity contribution in [1.29, 1.82) is 0 Å². The lowest BCUT2D eigenvalue weighted by Crippen LogP contribution is -2.33. The van der Waals surface area contributed by atoms with Crippen molar-refractivity contribution < 1.29 is 28.7 Å². The summed E-state index contributed by atoms with van der Waals surface area (Å²) in [6.45, 7) is -0.659. The summed E-state index contributed by atoms with van der Waals surface area (Å²) < 4.78 is 20.9. The molecule has 0 spiro atoms. The Morgan fingerprint density at radius 1 is 1.57 bits per heavy atom. The molecule has 1 aliphatic heterocycles. The van der Waals surface area contributed by atoms with Gasteiger partial charge >= 0.3 is 5.69 Å². The number of halogens is 1. The van der Waals surface area contributed by atoms with Crippen molar-refractivity contribution in [3.63, 3.8) is 0 Å². The van der Waals surface area contributed by atoms with Gasteiger partial charge in [0.05, 0.1) is 26.1 Å². The fourth-order valence-corrected chi connectivity index (χ4v) is 2.72. The second kappa shape index (κ2) is 7.22. The summed E-state index contributed by atoms with van der Waals surface area (Å²) in [5.41, 5.74) is -1.18. The van der Waals surface area contributed by atoms with Gasteiger partial charge in [-0.25, -0.2) is 4.79 Å². The predicted molar refractivity (Wildman–Crippen MR) is 77.4 cm³/mol. The molecule has 0 radical (unpaired) electrons. The first-order chi connectivity index (χ1) is 10.7. The third-order valence-electron chi connectivity index (χ3n) is 3.15. The quantitative estimate of drug-likeness (QED) is 0.549. The van der Waals surface area contributed by atoms with Gasteiger partial charge in [-0.05, 0) is 11.1 Å². The highest BCUT2D eigenvalue weighted by atomic mass is 79.9. The molecule has 0 saturated carbocycles. The van der Waals surface area contributed by atoms with E-state index in [0.29, 0.717) is 0 Å². The number of H-pyrrole nitrogens is 1. The number of hydrogen-bond donors (Lipinski definition) is 2. The van der Waals surface area contributed by atoms with E-state index in [-0.39, 0.29) is 12.0 Å². The number of phosphoric ester groups is 1. The molecule has 12 heteroatoms. The van der Waals surface area contributed by atoms with E-state index in [4.69, 9.17) is 4.74 Å². The van der Waals surface area contributed by atoms with Crippen LogP contribution in [0.15, 0.2) is 20.8 Å². The van der Waals surface area contributed by atoms with Gasteiger partial charge < -0.3 is 28.7 Å². The van der Waals surface area contributed by atoms with E-state index < -0.39 is 44.1 Å². The van der Waals surface area contributed by atoms with Crippen molar-refractivity contribution in [3.05, 3.63) is 37.6 Å². The van der Waals surface area contributed by atoms with Crippen LogP contribution >= 0.6 is 23.8 Å². The van der Waals surface area contributed by atoms with E-state index in [1.807, 2.05) is 0 Å². The number of nitrogens with zero attached hydrogens (tertiary/aromatic N) is 1. The molecule has 2 heterocycles. The molecule has 1 saturated heterocycles. The molecular weight excluding hydrogens is 399 g/mol. The van der Waals surface area contributed by atoms with Gasteiger partial charge in [-0.1, -0.05) is 15.9 Å². The van der Waals surface area contributed by atoms with Gasteiger partial charge in [0.2, 0.25) is 0 Å². The maximum absolute atomic E-state index is 11.8. The monoisotopic (exact) mass is 410 g/mol. The molecule has 0 aromatic carbocycles. The Balaban J connectivity index is 2.20. The van der Waals surface area contributed by atoms with Crippen molar-refractivity contribution in [1.82, 2.24) is 9.55 Å². The van der Waals surface area contributed by atoms with Crippen LogP contribution in [0.3, 0.4) is 0 Å². The van der Waals surface area contributed by atoms with Crippen LogP contribution in [0.1, 0.15) is 18.2 Å². The summed E-state index contributed by atoms with van der Waals surface area (Å²) in [7, 11) is -5.19. The lowest BCUT2D eigenvalue weighted by molar-refractivity contribution is -0.343. The molecule has 1 aromatic rings. The molecule has 2 rings (SSSR count). The minimum atomic E-state index is -5.19. The smallest absolute Gasteiger partial charge is 0.330 e. The van der Waals surface area contributed by atoms with Crippen LogP contribution in [0, 0.1) is 0 Å². The normalized spacial score (nSPS) is 25.3. The number of aliphatic hydroxyl groups excluding tert-OH is 1. The molecule has 0 unspecified atom stereocenters. The number of hydrogen-bond acceptors (Lipinski definition) is 8. The Morgan fingerprint density at radius 3 is 2.87 bits per heavy atom. The van der Waals surface area contributed by atoms with Crippen LogP contribution in [-0.4, -0.2) is 33.5 Å². The van der Waals surface area contributed by atoms with Crippen LogP contribution in [0.4, 0.5) is 0 Å². The average molecular weight is 411 g/mol. The summed E-state index contributed by atoms with van der Waals surface area (Å²) in [5.74, 6) is 0. The summed E-state index contributed by atoms with van der Waals surface area (Å²) in [5, 5.41) is 9.83. The Hall–Kier alpha value is -1.07. The van der Waals surface area contributed by atoms with E-state index in [1.54, 1.807) is 0 Å². The summed E-state index contributed by atoms with van der Waals surface area (Å²) in [6.07, 6.45) is -0.564. The van der Waals surface area contributed by atoms with Crippen LogP contribution in [0.2, 0.25) is 0 Å². The summed E-state index contributed by atoms with van der Waals surface area (Å²) in [6, 6.07) is 0. The summed E-state index contributed by atoms with van der Waals surface area (Å²) in [4.78, 5) is 47.9. The zero-order chi connectivity index (χ0) is 17.2. The lowest BCUT2D eigenvalue weighted by Gasteiger charge is -2.30. The minimum Gasteiger partial charge on any atom is -0.790 e. The number of aromatic nitrogens is 2. The molecule has 0 amide bonds. The number of phosphoric acid groups is 1. The average Bonchev–Trinajstić information content (AvgIpc) is 2.80. The molecular formula is C11H12BrN2O8P-2. The molecule has 2 N–H and O–H groups in total. The number of aliphatic hydroxyl groups is 1. The van der Waals surface area contributed by atoms with Gasteiger partial charge in [0, 0.05) is 12.6 Å². The van der Waals surface area contributed by atoms with E-state index in [1.165, 1.54) is 17.3 Å². The van der Waals surface area contributed by atoms with Gasteiger partial charge in [-0.2, -0.15) is 0 Å². The number of rotatable bonds is 5. The number of aromatic amines is 1.